The number of fused-ring (bicyclic) bond motifs is 3. The van der Waals surface area contributed by atoms with Gasteiger partial charge in [-0.2, -0.15) is 0 Å². The van der Waals surface area contributed by atoms with E-state index in [0.717, 1.165) is 64.4 Å². The molecule has 0 radical (unpaired) electrons. The van der Waals surface area contributed by atoms with E-state index in [1.807, 2.05) is 31.2 Å². The van der Waals surface area contributed by atoms with Crippen LogP contribution in [0.1, 0.15) is 47.4 Å². The summed E-state index contributed by atoms with van der Waals surface area (Å²) in [5, 5.41) is 6.48. The highest BCUT2D eigenvalue weighted by Crippen LogP contribution is 2.35. The highest BCUT2D eigenvalue weighted by Gasteiger charge is 2.28. The number of aromatic amines is 1. The Morgan fingerprint density at radius 2 is 2.00 bits per heavy atom. The number of hydrogen-bond donors (Lipinski definition) is 3. The summed E-state index contributed by atoms with van der Waals surface area (Å²) in [5.41, 5.74) is 7.58. The lowest BCUT2D eigenvalue weighted by Gasteiger charge is -2.23. The molecule has 3 aromatic rings. The number of hydrogen-bond acceptors (Lipinski definition) is 4. The van der Waals surface area contributed by atoms with E-state index < -0.39 is 0 Å². The first-order valence-corrected chi connectivity index (χ1v) is 9.78. The number of nitrogens with one attached hydrogen (secondary N) is 3. The molecule has 28 heavy (non-hydrogen) atoms. The molecule has 1 amide bonds. The fraction of sp³-hybridized carbons (Fsp3) is 0.318. The Bertz CT molecular complexity index is 1130. The van der Waals surface area contributed by atoms with Crippen LogP contribution in [0.25, 0.3) is 22.3 Å². The largest absolute Gasteiger partial charge is 0.368 e. The highest BCUT2D eigenvalue weighted by atomic mass is 16.1. The SMILES string of the molecule is CC1=CCCNc2nc3c(cccc3nc2C)-c2cc3c([nH]2)C(CNC3=O)C1. The second-order valence-corrected chi connectivity index (χ2v) is 7.72. The molecular weight excluding hydrogens is 350 g/mol. The molecule has 6 nitrogen and oxygen atoms in total. The Morgan fingerprint density at radius 1 is 1.11 bits per heavy atom. The molecule has 1 atom stereocenters. The van der Waals surface area contributed by atoms with Gasteiger partial charge in [0.05, 0.1) is 16.8 Å². The zero-order valence-electron chi connectivity index (χ0n) is 16.1. The van der Waals surface area contributed by atoms with Crippen molar-refractivity contribution in [2.24, 2.45) is 0 Å². The van der Waals surface area contributed by atoms with Crippen LogP contribution in [-0.4, -0.2) is 33.9 Å². The van der Waals surface area contributed by atoms with Crippen molar-refractivity contribution >= 4 is 22.8 Å². The molecule has 5 rings (SSSR count). The number of nitrogens with zero attached hydrogens (tertiary/aromatic N) is 2. The van der Waals surface area contributed by atoms with Crippen LogP contribution in [0.5, 0.6) is 0 Å². The normalized spacial score (nSPS) is 19.0. The van der Waals surface area contributed by atoms with Crippen LogP contribution in [0.15, 0.2) is 35.9 Å². The van der Waals surface area contributed by atoms with E-state index in [1.165, 1.54) is 5.57 Å². The van der Waals surface area contributed by atoms with E-state index >= 15 is 0 Å². The van der Waals surface area contributed by atoms with Gasteiger partial charge < -0.3 is 15.6 Å². The van der Waals surface area contributed by atoms with Crippen molar-refractivity contribution in [1.82, 2.24) is 20.3 Å². The van der Waals surface area contributed by atoms with Gasteiger partial charge in [0.2, 0.25) is 0 Å². The minimum atomic E-state index is -0.00998. The van der Waals surface area contributed by atoms with E-state index in [0.29, 0.717) is 6.54 Å². The maximum absolute atomic E-state index is 12.5. The van der Waals surface area contributed by atoms with Crippen LogP contribution >= 0.6 is 0 Å². The predicted molar refractivity (Wildman–Crippen MR) is 111 cm³/mol. The van der Waals surface area contributed by atoms with E-state index in [9.17, 15) is 4.79 Å². The molecule has 0 spiro atoms. The number of carbonyl (C=O) groups excluding carboxylic acids is 1. The molecule has 4 bridgehead atoms. The Kier molecular flexibility index (Phi) is 3.93. The summed E-state index contributed by atoms with van der Waals surface area (Å²) in [6.45, 7) is 5.62. The number of aromatic nitrogens is 3. The Labute approximate surface area is 163 Å². The molecule has 0 aliphatic carbocycles. The zero-order chi connectivity index (χ0) is 19.3. The third kappa shape index (κ3) is 2.76. The van der Waals surface area contributed by atoms with E-state index in [4.69, 9.17) is 9.97 Å². The smallest absolute Gasteiger partial charge is 0.253 e. The first kappa shape index (κ1) is 17.0. The summed E-state index contributed by atoms with van der Waals surface area (Å²) in [4.78, 5) is 25.7. The number of H-pyrrole nitrogens is 1. The summed E-state index contributed by atoms with van der Waals surface area (Å²) < 4.78 is 0. The first-order valence-electron chi connectivity index (χ1n) is 9.78. The van der Waals surface area contributed by atoms with Gasteiger partial charge in [-0.3, -0.25) is 4.79 Å². The Morgan fingerprint density at radius 3 is 2.89 bits per heavy atom. The number of allylic oxidation sites excluding steroid dienone is 1. The fourth-order valence-corrected chi connectivity index (χ4v) is 4.24. The number of rotatable bonds is 0. The molecule has 0 fully saturated rings. The number of aryl methyl sites for hydroxylation is 1. The van der Waals surface area contributed by atoms with Crippen molar-refractivity contribution in [2.75, 3.05) is 18.4 Å². The van der Waals surface area contributed by atoms with Gasteiger partial charge in [0.25, 0.3) is 5.91 Å². The second kappa shape index (κ2) is 6.48. The van der Waals surface area contributed by atoms with Crippen LogP contribution in [0.3, 0.4) is 0 Å². The zero-order valence-corrected chi connectivity index (χ0v) is 16.1. The van der Waals surface area contributed by atoms with Gasteiger partial charge in [0.1, 0.15) is 11.3 Å². The second-order valence-electron chi connectivity index (χ2n) is 7.72. The lowest BCUT2D eigenvalue weighted by Crippen LogP contribution is -2.34. The molecule has 0 saturated carbocycles. The van der Waals surface area contributed by atoms with E-state index in [1.54, 1.807) is 0 Å². The molecule has 142 valence electrons. The lowest BCUT2D eigenvalue weighted by atomic mass is 9.91. The van der Waals surface area contributed by atoms with Crippen molar-refractivity contribution < 1.29 is 4.79 Å². The molecule has 2 aromatic heterocycles. The molecular formula is C22H23N5O. The number of benzene rings is 1. The minimum Gasteiger partial charge on any atom is -0.368 e. The van der Waals surface area contributed by atoms with Gasteiger partial charge in [0.15, 0.2) is 0 Å². The predicted octanol–water partition coefficient (Wildman–Crippen LogP) is 3.91. The molecule has 6 heteroatoms. The molecule has 3 N–H and O–H groups in total. The molecule has 2 aliphatic heterocycles. The van der Waals surface area contributed by atoms with Gasteiger partial charge in [-0.05, 0) is 38.8 Å². The monoisotopic (exact) mass is 373 g/mol. The van der Waals surface area contributed by atoms with Crippen molar-refractivity contribution in [3.63, 3.8) is 0 Å². The minimum absolute atomic E-state index is 0.00998. The molecule has 0 saturated heterocycles. The van der Waals surface area contributed by atoms with Crippen LogP contribution in [0, 0.1) is 6.92 Å². The van der Waals surface area contributed by atoms with Crippen molar-refractivity contribution in [2.45, 2.75) is 32.6 Å². The summed E-state index contributed by atoms with van der Waals surface area (Å²) in [7, 11) is 0. The first-order chi connectivity index (χ1) is 13.6. The third-order valence-electron chi connectivity index (χ3n) is 5.67. The van der Waals surface area contributed by atoms with E-state index in [-0.39, 0.29) is 11.8 Å². The Balaban J connectivity index is 1.76. The van der Waals surface area contributed by atoms with Crippen molar-refractivity contribution in [3.05, 3.63) is 52.9 Å². The van der Waals surface area contributed by atoms with Crippen molar-refractivity contribution in [3.8, 4) is 11.3 Å². The summed E-state index contributed by atoms with van der Waals surface area (Å²) >= 11 is 0. The number of anilines is 1. The molecule has 1 aromatic carbocycles. The third-order valence-corrected chi connectivity index (χ3v) is 5.67. The fourth-order valence-electron chi connectivity index (χ4n) is 4.24. The van der Waals surface area contributed by atoms with Crippen LogP contribution in [-0.2, 0) is 0 Å². The van der Waals surface area contributed by atoms with Gasteiger partial charge >= 0.3 is 0 Å². The van der Waals surface area contributed by atoms with E-state index in [2.05, 4.69) is 28.6 Å². The van der Waals surface area contributed by atoms with Gasteiger partial charge in [-0.15, -0.1) is 0 Å². The maximum Gasteiger partial charge on any atom is 0.253 e. The quantitative estimate of drug-likeness (QED) is 0.522. The topological polar surface area (TPSA) is 82.7 Å². The van der Waals surface area contributed by atoms with Gasteiger partial charge in [0, 0.05) is 36.0 Å². The van der Waals surface area contributed by atoms with Crippen LogP contribution < -0.4 is 10.6 Å². The maximum atomic E-state index is 12.5. The Hall–Kier alpha value is -3.15. The van der Waals surface area contributed by atoms with Gasteiger partial charge in [-0.25, -0.2) is 9.97 Å². The van der Waals surface area contributed by atoms with Crippen molar-refractivity contribution in [1.29, 1.82) is 0 Å². The summed E-state index contributed by atoms with van der Waals surface area (Å²) in [6.07, 6.45) is 4.13. The van der Waals surface area contributed by atoms with Crippen LogP contribution in [0.4, 0.5) is 5.82 Å². The molecule has 2 aliphatic rings. The average Bonchev–Trinajstić information content (AvgIpc) is 3.13. The average molecular weight is 373 g/mol. The summed E-state index contributed by atoms with van der Waals surface area (Å²) in [6, 6.07) is 7.97. The standard InChI is InChI=1S/C22H23N5O/c1-12-5-4-8-23-21-13(2)25-17-7-3-6-15(20(17)27-21)18-10-16-19(26-18)14(9-12)11-24-22(16)28/h3,5-7,10,14,26H,4,8-9,11H2,1-2H3,(H,23,27)(H,24,28). The summed E-state index contributed by atoms with van der Waals surface area (Å²) in [5.74, 6) is 1.06. The molecule has 1 unspecified atom stereocenters. The van der Waals surface area contributed by atoms with Crippen LogP contribution in [0.2, 0.25) is 0 Å². The lowest BCUT2D eigenvalue weighted by molar-refractivity contribution is 0.0940. The number of carbonyl (C=O) groups is 1. The van der Waals surface area contributed by atoms with Gasteiger partial charge in [-0.1, -0.05) is 23.8 Å². The number of amides is 1. The highest BCUT2D eigenvalue weighted by molar-refractivity contribution is 6.00. The molecule has 4 heterocycles. The number of para-hydroxylation sites is 1.